The fourth-order valence-corrected chi connectivity index (χ4v) is 3.71. The third-order valence-electron chi connectivity index (χ3n) is 4.78. The summed E-state index contributed by atoms with van der Waals surface area (Å²) in [5.74, 6) is -0.303. The summed E-state index contributed by atoms with van der Waals surface area (Å²) in [6.45, 7) is 8.29. The van der Waals surface area contributed by atoms with Gasteiger partial charge in [0.2, 0.25) is 5.82 Å². The number of imidazole rings is 1. The van der Waals surface area contributed by atoms with Gasteiger partial charge < -0.3 is 19.4 Å². The van der Waals surface area contributed by atoms with Crippen molar-refractivity contribution < 1.29 is 19.1 Å². The molecule has 0 radical (unpaired) electrons. The largest absolute Gasteiger partial charge is 0.463 e. The van der Waals surface area contributed by atoms with Crippen LogP contribution in [0.1, 0.15) is 43.4 Å². The molecule has 8 heteroatoms. The number of hydrogen-bond acceptors (Lipinski definition) is 5. The first-order chi connectivity index (χ1) is 15.1. The minimum absolute atomic E-state index is 0.215. The molecule has 0 aliphatic rings. The van der Waals surface area contributed by atoms with Crippen molar-refractivity contribution in [2.45, 2.75) is 46.3 Å². The van der Waals surface area contributed by atoms with Crippen LogP contribution in [0, 0.1) is 6.92 Å². The summed E-state index contributed by atoms with van der Waals surface area (Å²) in [7, 11) is 1.33. The van der Waals surface area contributed by atoms with Crippen molar-refractivity contribution in [1.82, 2.24) is 14.9 Å². The number of halogens is 1. The molecule has 1 aromatic heterocycles. The number of alkyl carbamates (subject to hydrolysis) is 1. The number of nitrogens with one attached hydrogen (secondary N) is 1. The molecule has 0 atom stereocenters. The third-order valence-corrected chi connectivity index (χ3v) is 5.09. The molecule has 0 bridgehead atoms. The van der Waals surface area contributed by atoms with Crippen LogP contribution in [-0.4, -0.2) is 40.9 Å². The lowest BCUT2D eigenvalue weighted by atomic mass is 10.0. The van der Waals surface area contributed by atoms with Gasteiger partial charge in [0.1, 0.15) is 5.60 Å². The number of rotatable bonds is 6. The monoisotopic (exact) mass is 457 g/mol. The number of amides is 1. The Labute approximate surface area is 192 Å². The smallest absolute Gasteiger partial charge is 0.407 e. The van der Waals surface area contributed by atoms with Gasteiger partial charge in [-0.3, -0.25) is 0 Å². The number of carbonyl (C=O) groups is 2. The fourth-order valence-electron chi connectivity index (χ4n) is 3.37. The van der Waals surface area contributed by atoms with Crippen molar-refractivity contribution in [2.75, 3.05) is 13.7 Å². The number of aryl methyl sites for hydroxylation is 2. The molecule has 1 amide bonds. The van der Waals surface area contributed by atoms with E-state index in [0.717, 1.165) is 22.2 Å². The molecule has 0 aliphatic carbocycles. The summed E-state index contributed by atoms with van der Waals surface area (Å²) in [6.07, 6.45) is 0.112. The second-order valence-electron chi connectivity index (χ2n) is 8.55. The molecule has 170 valence electrons. The molecule has 0 aliphatic heterocycles. The van der Waals surface area contributed by atoms with Crippen LogP contribution < -0.4 is 5.32 Å². The van der Waals surface area contributed by atoms with Gasteiger partial charge in [-0.05, 0) is 63.4 Å². The lowest BCUT2D eigenvalue weighted by molar-refractivity contribution is 0.0523. The summed E-state index contributed by atoms with van der Waals surface area (Å²) < 4.78 is 12.0. The summed E-state index contributed by atoms with van der Waals surface area (Å²) in [5.41, 5.74) is 3.80. The molecule has 0 fully saturated rings. The Hall–Kier alpha value is -3.06. The lowest BCUT2D eigenvalue weighted by Crippen LogP contribution is -2.33. The molecule has 32 heavy (non-hydrogen) atoms. The normalized spacial score (nSPS) is 11.4. The predicted molar refractivity (Wildman–Crippen MR) is 125 cm³/mol. The van der Waals surface area contributed by atoms with E-state index in [1.807, 2.05) is 64.1 Å². The van der Waals surface area contributed by atoms with Crippen molar-refractivity contribution in [1.29, 1.82) is 0 Å². The Morgan fingerprint density at radius 1 is 1.16 bits per heavy atom. The minimum atomic E-state index is -0.555. The quantitative estimate of drug-likeness (QED) is 0.397. The van der Waals surface area contributed by atoms with E-state index in [1.54, 1.807) is 4.57 Å². The van der Waals surface area contributed by atoms with Crippen molar-refractivity contribution in [2.24, 2.45) is 0 Å². The maximum absolute atomic E-state index is 12.3. The molecular formula is C24H28ClN3O4. The number of esters is 1. The highest BCUT2D eigenvalue weighted by molar-refractivity contribution is 6.33. The molecule has 3 aromatic rings. The van der Waals surface area contributed by atoms with Gasteiger partial charge in [0.25, 0.3) is 0 Å². The van der Waals surface area contributed by atoms with Gasteiger partial charge in [-0.25, -0.2) is 14.6 Å². The van der Waals surface area contributed by atoms with Crippen LogP contribution in [0.15, 0.2) is 36.4 Å². The second-order valence-corrected chi connectivity index (χ2v) is 8.95. The molecule has 0 saturated heterocycles. The number of hydrogen-bond donors (Lipinski definition) is 1. The van der Waals surface area contributed by atoms with E-state index in [4.69, 9.17) is 21.1 Å². The van der Waals surface area contributed by atoms with E-state index in [0.29, 0.717) is 30.0 Å². The third kappa shape index (κ3) is 5.59. The van der Waals surface area contributed by atoms with Crippen LogP contribution in [0.3, 0.4) is 0 Å². The molecule has 1 heterocycles. The number of ether oxygens (including phenoxy) is 2. The Morgan fingerprint density at radius 3 is 2.56 bits per heavy atom. The lowest BCUT2D eigenvalue weighted by Gasteiger charge is -2.19. The zero-order valence-corrected chi connectivity index (χ0v) is 19.7. The zero-order valence-electron chi connectivity index (χ0n) is 19.0. The van der Waals surface area contributed by atoms with Crippen molar-refractivity contribution in [3.05, 3.63) is 52.8 Å². The standard InChI is InChI=1S/C24H28ClN3O4/c1-15-7-9-17(18(25)13-15)16-8-10-20-19(14-16)27-21(22(29)31-5)28(20)12-6-11-26-23(30)32-24(2,3)4/h7-10,13-14H,6,11-12H2,1-5H3,(H,26,30). The van der Waals surface area contributed by atoms with E-state index >= 15 is 0 Å². The first kappa shape index (κ1) is 23.6. The van der Waals surface area contributed by atoms with Crippen LogP contribution in [-0.2, 0) is 16.0 Å². The Balaban J connectivity index is 1.83. The maximum Gasteiger partial charge on any atom is 0.407 e. The molecule has 2 aromatic carbocycles. The molecule has 3 rings (SSSR count). The van der Waals surface area contributed by atoms with Gasteiger partial charge >= 0.3 is 12.1 Å². The SMILES string of the molecule is COC(=O)c1nc2cc(-c3ccc(C)cc3Cl)ccc2n1CCCNC(=O)OC(C)(C)C. The highest BCUT2D eigenvalue weighted by Crippen LogP contribution is 2.31. The van der Waals surface area contributed by atoms with Gasteiger partial charge in [0, 0.05) is 23.7 Å². The Bertz CT molecular complexity index is 1150. The summed E-state index contributed by atoms with van der Waals surface area (Å²) >= 11 is 6.43. The predicted octanol–water partition coefficient (Wildman–Crippen LogP) is 5.37. The van der Waals surface area contributed by atoms with E-state index in [9.17, 15) is 9.59 Å². The molecule has 1 N–H and O–H groups in total. The van der Waals surface area contributed by atoms with Crippen molar-refractivity contribution in [3.63, 3.8) is 0 Å². The topological polar surface area (TPSA) is 82.5 Å². The molecule has 0 spiro atoms. The molecule has 0 saturated carbocycles. The number of carbonyl (C=O) groups excluding carboxylic acids is 2. The summed E-state index contributed by atoms with van der Waals surface area (Å²) in [5, 5.41) is 3.39. The first-order valence-corrected chi connectivity index (χ1v) is 10.8. The van der Waals surface area contributed by atoms with Crippen LogP contribution in [0.5, 0.6) is 0 Å². The van der Waals surface area contributed by atoms with Gasteiger partial charge in [-0.15, -0.1) is 0 Å². The second kappa shape index (κ2) is 9.61. The molecule has 7 nitrogen and oxygen atoms in total. The van der Waals surface area contributed by atoms with Gasteiger partial charge in [0.15, 0.2) is 0 Å². The molecular weight excluding hydrogens is 430 g/mol. The highest BCUT2D eigenvalue weighted by Gasteiger charge is 2.19. The van der Waals surface area contributed by atoms with E-state index in [1.165, 1.54) is 7.11 Å². The average molecular weight is 458 g/mol. The number of methoxy groups -OCH3 is 1. The average Bonchev–Trinajstić information content (AvgIpc) is 3.07. The molecule has 0 unspecified atom stereocenters. The minimum Gasteiger partial charge on any atom is -0.463 e. The van der Waals surface area contributed by atoms with Crippen molar-refractivity contribution in [3.8, 4) is 11.1 Å². The maximum atomic E-state index is 12.3. The number of nitrogens with zero attached hydrogens (tertiary/aromatic N) is 2. The van der Waals surface area contributed by atoms with Crippen molar-refractivity contribution >= 4 is 34.7 Å². The number of benzene rings is 2. The van der Waals surface area contributed by atoms with E-state index in [-0.39, 0.29) is 5.82 Å². The van der Waals surface area contributed by atoms with Gasteiger partial charge in [-0.2, -0.15) is 0 Å². The Kier molecular flexibility index (Phi) is 7.09. The van der Waals surface area contributed by atoms with Crippen LogP contribution >= 0.6 is 11.6 Å². The van der Waals surface area contributed by atoms with Gasteiger partial charge in [0.05, 0.1) is 18.1 Å². The number of aromatic nitrogens is 2. The van der Waals surface area contributed by atoms with Crippen LogP contribution in [0.4, 0.5) is 4.79 Å². The van der Waals surface area contributed by atoms with E-state index < -0.39 is 17.7 Å². The van der Waals surface area contributed by atoms with Crippen LogP contribution in [0.25, 0.3) is 22.2 Å². The van der Waals surface area contributed by atoms with Crippen LogP contribution in [0.2, 0.25) is 5.02 Å². The fraction of sp³-hybridized carbons (Fsp3) is 0.375. The highest BCUT2D eigenvalue weighted by atomic mass is 35.5. The first-order valence-electron chi connectivity index (χ1n) is 10.4. The van der Waals surface area contributed by atoms with E-state index in [2.05, 4.69) is 10.3 Å². The summed E-state index contributed by atoms with van der Waals surface area (Å²) in [4.78, 5) is 28.7. The van der Waals surface area contributed by atoms with Gasteiger partial charge in [-0.1, -0.05) is 29.8 Å². The Morgan fingerprint density at radius 2 is 1.91 bits per heavy atom. The zero-order chi connectivity index (χ0) is 23.5. The summed E-state index contributed by atoms with van der Waals surface area (Å²) in [6, 6.07) is 11.7. The number of fused-ring (bicyclic) bond motifs is 1.